The van der Waals surface area contributed by atoms with Crippen LogP contribution in [0.1, 0.15) is 20.0 Å². The van der Waals surface area contributed by atoms with Crippen LogP contribution in [-0.4, -0.2) is 26.9 Å². The van der Waals surface area contributed by atoms with E-state index in [1.54, 1.807) is 0 Å². The Morgan fingerprint density at radius 1 is 1.30 bits per heavy atom. The van der Waals surface area contributed by atoms with E-state index in [1.165, 1.54) is 24.3 Å². The molecule has 0 saturated carbocycles. The number of anilines is 1. The van der Waals surface area contributed by atoms with Gasteiger partial charge in [-0.2, -0.15) is 0 Å². The van der Waals surface area contributed by atoms with E-state index in [1.807, 2.05) is 0 Å². The van der Waals surface area contributed by atoms with E-state index >= 15 is 0 Å². The van der Waals surface area contributed by atoms with Crippen LogP contribution in [0.4, 0.5) is 10.8 Å². The highest BCUT2D eigenvalue weighted by molar-refractivity contribution is 7.17. The Hall–Kier alpha value is -2.81. The minimum Gasteiger partial charge on any atom is -0.478 e. The number of hydrogen-bond donors (Lipinski definition) is 2. The molecule has 0 aliphatic carbocycles. The van der Waals surface area contributed by atoms with Gasteiger partial charge in [-0.3, -0.25) is 14.9 Å². The topological polar surface area (TPSA) is 122 Å². The monoisotopic (exact) mass is 293 g/mol. The van der Waals surface area contributed by atoms with Crippen molar-refractivity contribution in [3.05, 3.63) is 51.0 Å². The minimum atomic E-state index is -1.12. The summed E-state index contributed by atoms with van der Waals surface area (Å²) in [5, 5.41) is 21.5. The first-order chi connectivity index (χ1) is 9.47. The molecule has 0 aliphatic rings. The van der Waals surface area contributed by atoms with Crippen LogP contribution in [0.2, 0.25) is 0 Å². The highest BCUT2D eigenvalue weighted by atomic mass is 32.1. The number of nitrogens with zero attached hydrogens (tertiary/aromatic N) is 2. The first kappa shape index (κ1) is 13.6. The summed E-state index contributed by atoms with van der Waals surface area (Å²) in [7, 11) is 0. The molecule has 0 unspecified atom stereocenters. The van der Waals surface area contributed by atoms with Gasteiger partial charge in [-0.15, -0.1) is 0 Å². The molecule has 0 aliphatic heterocycles. The Bertz CT molecular complexity index is 680. The molecule has 20 heavy (non-hydrogen) atoms. The maximum absolute atomic E-state index is 11.8. The summed E-state index contributed by atoms with van der Waals surface area (Å²) in [5.74, 6) is -1.50. The number of carbonyl (C=O) groups excluding carboxylic acids is 1. The smallest absolute Gasteiger partial charge is 0.337 e. The van der Waals surface area contributed by atoms with E-state index in [2.05, 4.69) is 10.3 Å². The fraction of sp³-hybridized carbons (Fsp3) is 0. The summed E-state index contributed by atoms with van der Waals surface area (Å²) in [6.45, 7) is 0. The zero-order valence-electron chi connectivity index (χ0n) is 9.77. The van der Waals surface area contributed by atoms with Crippen molar-refractivity contribution in [2.45, 2.75) is 0 Å². The molecule has 8 nitrogen and oxygen atoms in total. The Kier molecular flexibility index (Phi) is 3.71. The normalized spacial score (nSPS) is 10.0. The van der Waals surface area contributed by atoms with Crippen molar-refractivity contribution in [2.24, 2.45) is 0 Å². The quantitative estimate of drug-likeness (QED) is 0.656. The van der Waals surface area contributed by atoms with Gasteiger partial charge in [0, 0.05) is 12.3 Å². The minimum absolute atomic E-state index is 0.00485. The zero-order valence-corrected chi connectivity index (χ0v) is 10.6. The summed E-state index contributed by atoms with van der Waals surface area (Å²) in [6.07, 6.45) is 1.11. The van der Waals surface area contributed by atoms with Crippen molar-refractivity contribution < 1.29 is 19.6 Å². The van der Waals surface area contributed by atoms with Gasteiger partial charge >= 0.3 is 11.0 Å². The lowest BCUT2D eigenvalue weighted by atomic mass is 10.3. The predicted octanol–water partition coefficient (Wildman–Crippen LogP) is 2.00. The predicted molar refractivity (Wildman–Crippen MR) is 70.1 cm³/mol. The zero-order chi connectivity index (χ0) is 14.7. The van der Waals surface area contributed by atoms with E-state index in [4.69, 9.17) is 5.11 Å². The molecule has 102 valence electrons. The molecule has 0 spiro atoms. The maximum atomic E-state index is 11.8. The van der Waals surface area contributed by atoms with Crippen molar-refractivity contribution in [3.63, 3.8) is 0 Å². The van der Waals surface area contributed by atoms with Gasteiger partial charge in [-0.1, -0.05) is 11.3 Å². The van der Waals surface area contributed by atoms with Crippen LogP contribution in [0.3, 0.4) is 0 Å². The van der Waals surface area contributed by atoms with Crippen molar-refractivity contribution in [1.29, 1.82) is 0 Å². The van der Waals surface area contributed by atoms with Crippen molar-refractivity contribution in [3.8, 4) is 0 Å². The van der Waals surface area contributed by atoms with Crippen LogP contribution in [0.5, 0.6) is 0 Å². The Morgan fingerprint density at radius 2 is 2.05 bits per heavy atom. The molecule has 2 aromatic heterocycles. The average molecular weight is 293 g/mol. The fourth-order valence-corrected chi connectivity index (χ4v) is 2.04. The third kappa shape index (κ3) is 2.95. The highest BCUT2D eigenvalue weighted by Gasteiger charge is 2.15. The van der Waals surface area contributed by atoms with Gasteiger partial charge < -0.3 is 10.4 Å². The first-order valence-corrected chi connectivity index (χ1v) is 6.04. The van der Waals surface area contributed by atoms with Crippen LogP contribution in [0, 0.1) is 10.1 Å². The van der Waals surface area contributed by atoms with Crippen LogP contribution >= 0.6 is 11.3 Å². The van der Waals surface area contributed by atoms with E-state index in [-0.39, 0.29) is 21.3 Å². The number of rotatable bonds is 4. The SMILES string of the molecule is O=C(O)c1ccc(NC(=O)c2ccc([N+](=O)[O-])s2)nc1. The van der Waals surface area contributed by atoms with Gasteiger partial charge in [0.25, 0.3) is 5.91 Å². The number of pyridine rings is 1. The molecule has 0 fully saturated rings. The summed E-state index contributed by atoms with van der Waals surface area (Å²) >= 11 is 0.743. The van der Waals surface area contributed by atoms with Gasteiger partial charge in [-0.05, 0) is 18.2 Å². The number of thiophene rings is 1. The van der Waals surface area contributed by atoms with Crippen LogP contribution < -0.4 is 5.32 Å². The molecule has 0 radical (unpaired) electrons. The van der Waals surface area contributed by atoms with E-state index in [9.17, 15) is 19.7 Å². The number of nitro groups is 1. The molecule has 2 heterocycles. The number of carbonyl (C=O) groups is 2. The summed E-state index contributed by atoms with van der Waals surface area (Å²) < 4.78 is 0. The van der Waals surface area contributed by atoms with E-state index < -0.39 is 16.8 Å². The van der Waals surface area contributed by atoms with Crippen molar-refractivity contribution in [1.82, 2.24) is 4.98 Å². The second-order valence-corrected chi connectivity index (χ2v) is 4.65. The number of aromatic nitrogens is 1. The summed E-state index contributed by atoms with van der Waals surface area (Å²) in [6, 6.07) is 5.20. The lowest BCUT2D eigenvalue weighted by Gasteiger charge is -2.02. The number of nitrogens with one attached hydrogen (secondary N) is 1. The van der Waals surface area contributed by atoms with Crippen LogP contribution in [0.15, 0.2) is 30.5 Å². The average Bonchev–Trinajstić information content (AvgIpc) is 2.89. The van der Waals surface area contributed by atoms with Gasteiger partial charge in [0.15, 0.2) is 0 Å². The molecule has 2 N–H and O–H groups in total. The fourth-order valence-electron chi connectivity index (χ4n) is 1.32. The number of aromatic carboxylic acids is 1. The Balaban J connectivity index is 2.10. The molecule has 1 amide bonds. The lowest BCUT2D eigenvalue weighted by molar-refractivity contribution is -0.380. The van der Waals surface area contributed by atoms with Gasteiger partial charge in [0.2, 0.25) is 0 Å². The van der Waals surface area contributed by atoms with Crippen molar-refractivity contribution in [2.75, 3.05) is 5.32 Å². The molecule has 9 heteroatoms. The second-order valence-electron chi connectivity index (χ2n) is 3.59. The van der Waals surface area contributed by atoms with Crippen molar-refractivity contribution >= 4 is 34.0 Å². The van der Waals surface area contributed by atoms with Crippen LogP contribution in [0.25, 0.3) is 0 Å². The molecular formula is C11H7N3O5S. The number of hydrogen-bond acceptors (Lipinski definition) is 6. The lowest BCUT2D eigenvalue weighted by Crippen LogP contribution is -2.11. The number of amides is 1. The third-order valence-electron chi connectivity index (χ3n) is 2.25. The largest absolute Gasteiger partial charge is 0.478 e. The number of carboxylic acid groups (broad SMARTS) is 1. The molecule has 2 rings (SSSR count). The second kappa shape index (κ2) is 5.45. The highest BCUT2D eigenvalue weighted by Crippen LogP contribution is 2.24. The van der Waals surface area contributed by atoms with E-state index in [0.717, 1.165) is 17.5 Å². The Morgan fingerprint density at radius 3 is 2.55 bits per heavy atom. The molecule has 2 aromatic rings. The standard InChI is InChI=1S/C11H7N3O5S/c15-10(7-2-4-9(20-7)14(18)19)13-8-3-1-6(5-12-8)11(16)17/h1-5H,(H,16,17)(H,12,13,15). The first-order valence-electron chi connectivity index (χ1n) is 5.22. The molecule has 0 bridgehead atoms. The Labute approximate surface area is 115 Å². The number of carboxylic acids is 1. The van der Waals surface area contributed by atoms with E-state index in [0.29, 0.717) is 0 Å². The van der Waals surface area contributed by atoms with Crippen LogP contribution in [-0.2, 0) is 0 Å². The summed E-state index contributed by atoms with van der Waals surface area (Å²) in [5.41, 5.74) is -0.00485. The molecular weight excluding hydrogens is 286 g/mol. The molecule has 0 aromatic carbocycles. The third-order valence-corrected chi connectivity index (χ3v) is 3.28. The maximum Gasteiger partial charge on any atom is 0.337 e. The van der Waals surface area contributed by atoms with Gasteiger partial charge in [0.1, 0.15) is 5.82 Å². The van der Waals surface area contributed by atoms with Gasteiger partial charge in [0.05, 0.1) is 15.4 Å². The summed E-state index contributed by atoms with van der Waals surface area (Å²) in [4.78, 5) is 36.3. The molecule has 0 atom stereocenters. The molecule has 0 saturated heterocycles. The van der Waals surface area contributed by atoms with Gasteiger partial charge in [-0.25, -0.2) is 9.78 Å².